The molecule has 0 aromatic heterocycles. The highest BCUT2D eigenvalue weighted by molar-refractivity contribution is 5.74. The first kappa shape index (κ1) is 9.13. The predicted molar refractivity (Wildman–Crippen MR) is 34.2 cm³/mol. The molecule has 10 heavy (non-hydrogen) atoms. The molecule has 0 aliphatic heterocycles. The van der Waals surface area contributed by atoms with E-state index in [1.165, 1.54) is 6.08 Å². The van der Waals surface area contributed by atoms with Crippen molar-refractivity contribution in [2.75, 3.05) is 13.2 Å². The Morgan fingerprint density at radius 1 is 1.80 bits per heavy atom. The van der Waals surface area contributed by atoms with Crippen LogP contribution in [0.4, 0.5) is 0 Å². The van der Waals surface area contributed by atoms with Crippen LogP contribution in [0.1, 0.15) is 0 Å². The van der Waals surface area contributed by atoms with E-state index in [0.29, 0.717) is 0 Å². The van der Waals surface area contributed by atoms with Gasteiger partial charge in [-0.3, -0.25) is 0 Å². The molecule has 58 valence electrons. The van der Waals surface area contributed by atoms with Gasteiger partial charge in [-0.2, -0.15) is 0 Å². The number of esters is 1. The number of hydrogen-bond acceptors (Lipinski definition) is 4. The van der Waals surface area contributed by atoms with Gasteiger partial charge >= 0.3 is 5.97 Å². The molecule has 4 nitrogen and oxygen atoms in total. The lowest BCUT2D eigenvalue weighted by Crippen LogP contribution is -2.26. The first-order valence-electron chi connectivity index (χ1n) is 2.78. The number of ether oxygens (including phenoxy) is 1. The standard InChI is InChI=1S/C6H10O4/c1-2-3-10-6(9)5(8)4-7/h2,5,7-8H,1,3-4H2. The predicted octanol–water partition coefficient (Wildman–Crippen LogP) is -0.931. The molecule has 1 atom stereocenters. The molecule has 2 N–H and O–H groups in total. The number of aliphatic hydroxyl groups excluding tert-OH is 2. The second-order valence-corrected chi connectivity index (χ2v) is 1.62. The number of carbonyl (C=O) groups is 1. The Balaban J connectivity index is 3.51. The number of carbonyl (C=O) groups excluding carboxylic acids is 1. The third-order valence-electron chi connectivity index (χ3n) is 0.788. The van der Waals surface area contributed by atoms with E-state index in [-0.39, 0.29) is 6.61 Å². The summed E-state index contributed by atoms with van der Waals surface area (Å²) >= 11 is 0. The van der Waals surface area contributed by atoms with Crippen molar-refractivity contribution < 1.29 is 19.7 Å². The molecular formula is C6H10O4. The highest BCUT2D eigenvalue weighted by Crippen LogP contribution is 1.86. The van der Waals surface area contributed by atoms with Gasteiger partial charge in [0.05, 0.1) is 6.61 Å². The lowest BCUT2D eigenvalue weighted by Gasteiger charge is -2.04. The van der Waals surface area contributed by atoms with Crippen LogP contribution in [-0.4, -0.2) is 35.5 Å². The summed E-state index contributed by atoms with van der Waals surface area (Å²) in [5.41, 5.74) is 0. The summed E-state index contributed by atoms with van der Waals surface area (Å²) in [7, 11) is 0. The van der Waals surface area contributed by atoms with Crippen molar-refractivity contribution in [3.63, 3.8) is 0 Å². The first-order chi connectivity index (χ1) is 4.72. The van der Waals surface area contributed by atoms with Gasteiger partial charge in [-0.05, 0) is 0 Å². The average molecular weight is 146 g/mol. The molecule has 0 bridgehead atoms. The highest BCUT2D eigenvalue weighted by atomic mass is 16.5. The van der Waals surface area contributed by atoms with Crippen molar-refractivity contribution in [2.45, 2.75) is 6.10 Å². The van der Waals surface area contributed by atoms with Crippen molar-refractivity contribution in [2.24, 2.45) is 0 Å². The van der Waals surface area contributed by atoms with E-state index >= 15 is 0 Å². The van der Waals surface area contributed by atoms with Gasteiger partial charge in [0.1, 0.15) is 6.61 Å². The monoisotopic (exact) mass is 146 g/mol. The van der Waals surface area contributed by atoms with E-state index in [2.05, 4.69) is 11.3 Å². The largest absolute Gasteiger partial charge is 0.459 e. The number of hydrogen-bond donors (Lipinski definition) is 2. The molecule has 0 rings (SSSR count). The van der Waals surface area contributed by atoms with Gasteiger partial charge in [0.15, 0.2) is 6.10 Å². The lowest BCUT2D eigenvalue weighted by atomic mass is 10.4. The topological polar surface area (TPSA) is 66.8 Å². The molecule has 0 radical (unpaired) electrons. The Hall–Kier alpha value is -0.870. The van der Waals surface area contributed by atoms with Gasteiger partial charge < -0.3 is 14.9 Å². The Bertz CT molecular complexity index is 121. The molecule has 0 amide bonds. The summed E-state index contributed by atoms with van der Waals surface area (Å²) in [6.07, 6.45) is -0.0536. The van der Waals surface area contributed by atoms with Gasteiger partial charge in [-0.25, -0.2) is 4.79 Å². The van der Waals surface area contributed by atoms with E-state index in [1.807, 2.05) is 0 Å². The minimum Gasteiger partial charge on any atom is -0.459 e. The van der Waals surface area contributed by atoms with Crippen LogP contribution in [0.3, 0.4) is 0 Å². The molecular weight excluding hydrogens is 136 g/mol. The summed E-state index contributed by atoms with van der Waals surface area (Å²) in [4.78, 5) is 10.5. The normalized spacial score (nSPS) is 12.2. The highest BCUT2D eigenvalue weighted by Gasteiger charge is 2.13. The molecule has 1 unspecified atom stereocenters. The fraction of sp³-hybridized carbons (Fsp3) is 0.500. The van der Waals surface area contributed by atoms with Crippen molar-refractivity contribution in [1.29, 1.82) is 0 Å². The summed E-state index contributed by atoms with van der Waals surface area (Å²) in [6, 6.07) is 0. The van der Waals surface area contributed by atoms with Crippen molar-refractivity contribution in [1.82, 2.24) is 0 Å². The van der Waals surface area contributed by atoms with E-state index in [1.54, 1.807) is 0 Å². The molecule has 0 aliphatic carbocycles. The van der Waals surface area contributed by atoms with Crippen LogP contribution in [0.5, 0.6) is 0 Å². The summed E-state index contributed by atoms with van der Waals surface area (Å²) < 4.78 is 4.38. The first-order valence-corrected chi connectivity index (χ1v) is 2.78. The zero-order valence-electron chi connectivity index (χ0n) is 5.49. The zero-order chi connectivity index (χ0) is 7.98. The van der Waals surface area contributed by atoms with Crippen LogP contribution in [0, 0.1) is 0 Å². The maximum Gasteiger partial charge on any atom is 0.337 e. The quantitative estimate of drug-likeness (QED) is 0.397. The smallest absolute Gasteiger partial charge is 0.337 e. The van der Waals surface area contributed by atoms with Crippen LogP contribution in [-0.2, 0) is 9.53 Å². The van der Waals surface area contributed by atoms with Crippen molar-refractivity contribution in [3.05, 3.63) is 12.7 Å². The minimum absolute atomic E-state index is 0.0515. The Morgan fingerprint density at radius 2 is 2.40 bits per heavy atom. The molecule has 0 spiro atoms. The molecule has 0 heterocycles. The van der Waals surface area contributed by atoms with E-state index in [4.69, 9.17) is 10.2 Å². The van der Waals surface area contributed by atoms with Crippen molar-refractivity contribution >= 4 is 5.97 Å². The van der Waals surface area contributed by atoms with Crippen LogP contribution in [0.2, 0.25) is 0 Å². The molecule has 0 aromatic rings. The number of rotatable bonds is 4. The van der Waals surface area contributed by atoms with Gasteiger partial charge in [0, 0.05) is 0 Å². The Labute approximate surface area is 58.7 Å². The third kappa shape index (κ3) is 3.21. The van der Waals surface area contributed by atoms with E-state index in [9.17, 15) is 4.79 Å². The summed E-state index contributed by atoms with van der Waals surface area (Å²) in [6.45, 7) is 2.73. The molecule has 0 fully saturated rings. The molecule has 0 aromatic carbocycles. The van der Waals surface area contributed by atoms with Crippen molar-refractivity contribution in [3.8, 4) is 0 Å². The molecule has 4 heteroatoms. The fourth-order valence-electron chi connectivity index (χ4n) is 0.312. The third-order valence-corrected chi connectivity index (χ3v) is 0.788. The number of aliphatic hydroxyl groups is 2. The maximum atomic E-state index is 10.5. The van der Waals surface area contributed by atoms with Crippen LogP contribution < -0.4 is 0 Å². The maximum absolute atomic E-state index is 10.5. The SMILES string of the molecule is C=CCOC(=O)C(O)CO. The Morgan fingerprint density at radius 3 is 2.80 bits per heavy atom. The van der Waals surface area contributed by atoms with E-state index in [0.717, 1.165) is 0 Å². The van der Waals surface area contributed by atoms with Crippen LogP contribution in [0.15, 0.2) is 12.7 Å². The second kappa shape index (κ2) is 4.96. The zero-order valence-corrected chi connectivity index (χ0v) is 5.49. The van der Waals surface area contributed by atoms with Gasteiger partial charge in [0.2, 0.25) is 0 Å². The summed E-state index contributed by atoms with van der Waals surface area (Å²) in [5.74, 6) is -0.831. The van der Waals surface area contributed by atoms with Gasteiger partial charge in [-0.1, -0.05) is 12.7 Å². The fourth-order valence-corrected chi connectivity index (χ4v) is 0.312. The van der Waals surface area contributed by atoms with Gasteiger partial charge in [0.25, 0.3) is 0 Å². The lowest BCUT2D eigenvalue weighted by molar-refractivity contribution is -0.154. The second-order valence-electron chi connectivity index (χ2n) is 1.62. The minimum atomic E-state index is -1.43. The Kier molecular flexibility index (Phi) is 4.53. The van der Waals surface area contributed by atoms with Crippen LogP contribution in [0.25, 0.3) is 0 Å². The molecule has 0 saturated carbocycles. The molecule has 0 aliphatic rings. The van der Waals surface area contributed by atoms with Crippen LogP contribution >= 0.6 is 0 Å². The average Bonchev–Trinajstić information content (AvgIpc) is 1.98. The summed E-state index contributed by atoms with van der Waals surface area (Å²) in [5, 5.41) is 16.8. The molecule has 0 saturated heterocycles. The van der Waals surface area contributed by atoms with Gasteiger partial charge in [-0.15, -0.1) is 0 Å². The van der Waals surface area contributed by atoms with E-state index < -0.39 is 18.7 Å².